The minimum Gasteiger partial charge on any atom is -0.481 e. The summed E-state index contributed by atoms with van der Waals surface area (Å²) < 4.78 is 0. The standard InChI is InChI=1S/C21H42O2/c1-19(2)17-15-13-11-9-7-5-4-6-8-10-12-14-16-18-20(3)21(22)23/h19-20H,4-18H2,1-3H3,(H,22,23). The van der Waals surface area contributed by atoms with Crippen molar-refractivity contribution in [1.82, 2.24) is 0 Å². The maximum absolute atomic E-state index is 10.7. The molecule has 0 aromatic carbocycles. The van der Waals surface area contributed by atoms with Gasteiger partial charge in [-0.2, -0.15) is 0 Å². The van der Waals surface area contributed by atoms with Crippen LogP contribution in [-0.2, 0) is 4.79 Å². The third kappa shape index (κ3) is 17.7. The van der Waals surface area contributed by atoms with Gasteiger partial charge in [0.05, 0.1) is 5.92 Å². The van der Waals surface area contributed by atoms with Crippen LogP contribution < -0.4 is 0 Å². The third-order valence-corrected chi connectivity index (χ3v) is 4.84. The molecule has 2 heteroatoms. The number of carboxylic acid groups (broad SMARTS) is 1. The van der Waals surface area contributed by atoms with Crippen LogP contribution in [-0.4, -0.2) is 11.1 Å². The second kappa shape index (κ2) is 16.3. The maximum Gasteiger partial charge on any atom is 0.306 e. The Morgan fingerprint density at radius 3 is 1.22 bits per heavy atom. The van der Waals surface area contributed by atoms with Crippen LogP contribution in [0.15, 0.2) is 0 Å². The van der Waals surface area contributed by atoms with Gasteiger partial charge in [0.15, 0.2) is 0 Å². The molecule has 0 fully saturated rings. The first-order valence-electron chi connectivity index (χ1n) is 10.3. The molecule has 0 saturated carbocycles. The largest absolute Gasteiger partial charge is 0.481 e. The van der Waals surface area contributed by atoms with Gasteiger partial charge in [0, 0.05) is 0 Å². The van der Waals surface area contributed by atoms with Crippen molar-refractivity contribution in [2.24, 2.45) is 11.8 Å². The van der Waals surface area contributed by atoms with Gasteiger partial charge in [0.1, 0.15) is 0 Å². The highest BCUT2D eigenvalue weighted by Gasteiger charge is 2.09. The van der Waals surface area contributed by atoms with Crippen LogP contribution in [0.3, 0.4) is 0 Å². The van der Waals surface area contributed by atoms with Gasteiger partial charge < -0.3 is 5.11 Å². The first kappa shape index (κ1) is 22.5. The molecule has 1 unspecified atom stereocenters. The zero-order valence-corrected chi connectivity index (χ0v) is 16.1. The molecule has 0 saturated heterocycles. The van der Waals surface area contributed by atoms with Crippen molar-refractivity contribution < 1.29 is 9.90 Å². The fourth-order valence-corrected chi connectivity index (χ4v) is 3.07. The Bertz CT molecular complexity index is 261. The average molecular weight is 327 g/mol. The van der Waals surface area contributed by atoms with Gasteiger partial charge in [-0.1, -0.05) is 111 Å². The van der Waals surface area contributed by atoms with Crippen LogP contribution in [0, 0.1) is 11.8 Å². The maximum atomic E-state index is 10.7. The molecule has 0 aliphatic heterocycles. The van der Waals surface area contributed by atoms with Gasteiger partial charge in [-0.3, -0.25) is 4.79 Å². The van der Waals surface area contributed by atoms with E-state index in [1.54, 1.807) is 0 Å². The zero-order chi connectivity index (χ0) is 17.3. The number of hydrogen-bond donors (Lipinski definition) is 1. The van der Waals surface area contributed by atoms with Crippen LogP contribution in [0.25, 0.3) is 0 Å². The molecule has 0 rings (SSSR count). The average Bonchev–Trinajstić information content (AvgIpc) is 2.50. The summed E-state index contributed by atoms with van der Waals surface area (Å²) in [6, 6.07) is 0. The van der Waals surface area contributed by atoms with E-state index in [2.05, 4.69) is 13.8 Å². The minimum absolute atomic E-state index is 0.166. The Morgan fingerprint density at radius 1 is 0.609 bits per heavy atom. The SMILES string of the molecule is CC(C)CCCCCCCCCCCCCCCC(C)C(=O)O. The molecule has 138 valence electrons. The molecule has 0 spiro atoms. The smallest absolute Gasteiger partial charge is 0.306 e. The molecule has 23 heavy (non-hydrogen) atoms. The summed E-state index contributed by atoms with van der Waals surface area (Å²) >= 11 is 0. The molecule has 2 nitrogen and oxygen atoms in total. The summed E-state index contributed by atoms with van der Waals surface area (Å²) in [6.07, 6.45) is 19.8. The van der Waals surface area contributed by atoms with Crippen molar-refractivity contribution in [1.29, 1.82) is 0 Å². The van der Waals surface area contributed by atoms with E-state index < -0.39 is 5.97 Å². The van der Waals surface area contributed by atoms with Gasteiger partial charge in [-0.15, -0.1) is 0 Å². The van der Waals surface area contributed by atoms with Crippen molar-refractivity contribution in [2.75, 3.05) is 0 Å². The summed E-state index contributed by atoms with van der Waals surface area (Å²) in [4.78, 5) is 10.7. The first-order chi connectivity index (χ1) is 11.0. The molecule has 0 heterocycles. The second-order valence-corrected chi connectivity index (χ2v) is 7.81. The van der Waals surface area contributed by atoms with Crippen molar-refractivity contribution in [3.63, 3.8) is 0 Å². The number of carboxylic acids is 1. The lowest BCUT2D eigenvalue weighted by molar-refractivity contribution is -0.141. The van der Waals surface area contributed by atoms with Crippen LogP contribution in [0.1, 0.15) is 117 Å². The summed E-state index contributed by atoms with van der Waals surface area (Å²) in [7, 11) is 0. The second-order valence-electron chi connectivity index (χ2n) is 7.81. The molecular formula is C21H42O2. The number of hydrogen-bond acceptors (Lipinski definition) is 1. The van der Waals surface area contributed by atoms with Crippen molar-refractivity contribution in [2.45, 2.75) is 117 Å². The zero-order valence-electron chi connectivity index (χ0n) is 16.1. The number of unbranched alkanes of at least 4 members (excludes halogenated alkanes) is 12. The predicted octanol–water partition coefficient (Wildman–Crippen LogP) is 7.21. The third-order valence-electron chi connectivity index (χ3n) is 4.84. The Balaban J connectivity index is 3.07. The molecular weight excluding hydrogens is 284 g/mol. The number of carbonyl (C=O) groups is 1. The van der Waals surface area contributed by atoms with E-state index in [1.807, 2.05) is 6.92 Å². The Labute approximate surface area is 145 Å². The van der Waals surface area contributed by atoms with E-state index in [4.69, 9.17) is 5.11 Å². The van der Waals surface area contributed by atoms with Crippen molar-refractivity contribution >= 4 is 5.97 Å². The number of rotatable bonds is 17. The van der Waals surface area contributed by atoms with Crippen LogP contribution in [0.4, 0.5) is 0 Å². The fourth-order valence-electron chi connectivity index (χ4n) is 3.07. The highest BCUT2D eigenvalue weighted by atomic mass is 16.4. The Kier molecular flexibility index (Phi) is 16.0. The lowest BCUT2D eigenvalue weighted by atomic mass is 10.0. The highest BCUT2D eigenvalue weighted by Crippen LogP contribution is 2.15. The molecule has 0 aromatic heterocycles. The first-order valence-corrected chi connectivity index (χ1v) is 10.3. The van der Waals surface area contributed by atoms with Crippen LogP contribution in [0.5, 0.6) is 0 Å². The minimum atomic E-state index is -0.648. The van der Waals surface area contributed by atoms with E-state index in [-0.39, 0.29) is 5.92 Å². The Hall–Kier alpha value is -0.530. The molecule has 0 amide bonds. The summed E-state index contributed by atoms with van der Waals surface area (Å²) in [5, 5.41) is 8.81. The molecule has 0 aliphatic rings. The van der Waals surface area contributed by atoms with Crippen molar-refractivity contribution in [3.05, 3.63) is 0 Å². The van der Waals surface area contributed by atoms with E-state index >= 15 is 0 Å². The quantitative estimate of drug-likeness (QED) is 0.287. The van der Waals surface area contributed by atoms with E-state index in [0.717, 1.165) is 18.8 Å². The van der Waals surface area contributed by atoms with Crippen LogP contribution >= 0.6 is 0 Å². The van der Waals surface area contributed by atoms with E-state index in [9.17, 15) is 4.79 Å². The van der Waals surface area contributed by atoms with E-state index in [1.165, 1.54) is 83.5 Å². The van der Waals surface area contributed by atoms with E-state index in [0.29, 0.717) is 0 Å². The molecule has 0 aliphatic carbocycles. The van der Waals surface area contributed by atoms with Gasteiger partial charge in [-0.05, 0) is 12.3 Å². The normalized spacial score (nSPS) is 12.7. The van der Waals surface area contributed by atoms with Gasteiger partial charge in [0.2, 0.25) is 0 Å². The topological polar surface area (TPSA) is 37.3 Å². The number of aliphatic carboxylic acids is 1. The summed E-state index contributed by atoms with van der Waals surface area (Å²) in [5.74, 6) is 0.0564. The van der Waals surface area contributed by atoms with Gasteiger partial charge >= 0.3 is 5.97 Å². The molecule has 0 radical (unpaired) electrons. The fraction of sp³-hybridized carbons (Fsp3) is 0.952. The molecule has 0 bridgehead atoms. The molecule has 1 atom stereocenters. The Morgan fingerprint density at radius 2 is 0.913 bits per heavy atom. The summed E-state index contributed by atoms with van der Waals surface area (Å²) in [6.45, 7) is 6.44. The van der Waals surface area contributed by atoms with Gasteiger partial charge in [0.25, 0.3) is 0 Å². The molecule has 1 N–H and O–H groups in total. The molecule has 0 aromatic rings. The lowest BCUT2D eigenvalue weighted by Gasteiger charge is -2.06. The predicted molar refractivity (Wildman–Crippen MR) is 101 cm³/mol. The summed E-state index contributed by atoms with van der Waals surface area (Å²) in [5.41, 5.74) is 0. The van der Waals surface area contributed by atoms with Crippen LogP contribution in [0.2, 0.25) is 0 Å². The highest BCUT2D eigenvalue weighted by molar-refractivity contribution is 5.69. The van der Waals surface area contributed by atoms with Gasteiger partial charge in [-0.25, -0.2) is 0 Å². The lowest BCUT2D eigenvalue weighted by Crippen LogP contribution is -2.08. The monoisotopic (exact) mass is 326 g/mol. The van der Waals surface area contributed by atoms with Crippen molar-refractivity contribution in [3.8, 4) is 0 Å².